The van der Waals surface area contributed by atoms with Gasteiger partial charge in [-0.1, -0.05) is 13.8 Å². The zero-order valence-electron chi connectivity index (χ0n) is 10.7. The number of anilines is 2. The van der Waals surface area contributed by atoms with E-state index in [-0.39, 0.29) is 0 Å². The van der Waals surface area contributed by atoms with Crippen LogP contribution in [0.3, 0.4) is 0 Å². The lowest BCUT2D eigenvalue weighted by molar-refractivity contribution is 0.502. The fourth-order valence-corrected chi connectivity index (χ4v) is 1.50. The first-order valence-corrected chi connectivity index (χ1v) is 5.50. The molecule has 0 radical (unpaired) electrons. The van der Waals surface area contributed by atoms with E-state index >= 15 is 0 Å². The number of aromatic nitrogens is 2. The van der Waals surface area contributed by atoms with Crippen LogP contribution in [0, 0.1) is 12.8 Å². The normalized spacial score (nSPS) is 12.7. The first-order chi connectivity index (χ1) is 7.47. The average molecular weight is 223 g/mol. The first kappa shape index (κ1) is 12.7. The highest BCUT2D eigenvalue weighted by atomic mass is 15.3. The van der Waals surface area contributed by atoms with Crippen molar-refractivity contribution in [2.75, 3.05) is 17.4 Å². The van der Waals surface area contributed by atoms with Crippen LogP contribution in [0.5, 0.6) is 0 Å². The van der Waals surface area contributed by atoms with Crippen molar-refractivity contribution in [1.29, 1.82) is 0 Å². The second kappa shape index (κ2) is 5.12. The Morgan fingerprint density at radius 1 is 1.38 bits per heavy atom. The molecule has 3 N–H and O–H groups in total. The Bertz CT molecular complexity index is 350. The average Bonchev–Trinajstić information content (AvgIpc) is 2.27. The van der Waals surface area contributed by atoms with Crippen LogP contribution in [0.15, 0.2) is 6.20 Å². The van der Waals surface area contributed by atoms with Crippen LogP contribution < -0.4 is 16.2 Å². The molecule has 1 aromatic heterocycles. The zero-order chi connectivity index (χ0) is 12.3. The van der Waals surface area contributed by atoms with Crippen LogP contribution in [-0.2, 0) is 0 Å². The molecule has 1 atom stereocenters. The lowest BCUT2D eigenvalue weighted by atomic mass is 10.1. The van der Waals surface area contributed by atoms with Crippen LogP contribution in [0.1, 0.15) is 26.3 Å². The number of nitrogens with zero attached hydrogens (tertiary/aromatic N) is 3. The maximum absolute atomic E-state index is 5.31. The minimum absolute atomic E-state index is 0.416. The number of nitrogens with two attached hydrogens (primary N) is 1. The van der Waals surface area contributed by atoms with Crippen molar-refractivity contribution in [1.82, 2.24) is 9.97 Å². The Kier molecular flexibility index (Phi) is 4.06. The van der Waals surface area contributed by atoms with E-state index in [4.69, 9.17) is 5.84 Å². The van der Waals surface area contributed by atoms with E-state index in [1.165, 1.54) is 0 Å². The molecule has 0 bridgehead atoms. The van der Waals surface area contributed by atoms with Crippen LogP contribution in [-0.4, -0.2) is 23.1 Å². The molecule has 0 saturated heterocycles. The molecule has 5 heteroatoms. The highest BCUT2D eigenvalue weighted by molar-refractivity contribution is 5.48. The molecule has 0 aliphatic carbocycles. The van der Waals surface area contributed by atoms with Crippen molar-refractivity contribution >= 4 is 11.8 Å². The van der Waals surface area contributed by atoms with Crippen LogP contribution in [0.25, 0.3) is 0 Å². The summed E-state index contributed by atoms with van der Waals surface area (Å²) in [5.41, 5.74) is 3.52. The van der Waals surface area contributed by atoms with Gasteiger partial charge in [-0.2, -0.15) is 4.98 Å². The van der Waals surface area contributed by atoms with E-state index in [2.05, 4.69) is 41.1 Å². The molecule has 0 aromatic carbocycles. The molecule has 0 aliphatic heterocycles. The van der Waals surface area contributed by atoms with E-state index in [0.717, 1.165) is 11.4 Å². The van der Waals surface area contributed by atoms with Gasteiger partial charge in [-0.3, -0.25) is 5.43 Å². The molecule has 5 nitrogen and oxygen atoms in total. The lowest BCUT2D eigenvalue weighted by Gasteiger charge is -2.30. The third-order valence-corrected chi connectivity index (χ3v) is 2.98. The quantitative estimate of drug-likeness (QED) is 0.599. The number of rotatable bonds is 4. The molecular formula is C11H21N5. The number of nitrogen functional groups attached to an aromatic ring is 1. The van der Waals surface area contributed by atoms with Crippen molar-refractivity contribution in [3.8, 4) is 0 Å². The monoisotopic (exact) mass is 223 g/mol. The summed E-state index contributed by atoms with van der Waals surface area (Å²) in [5, 5.41) is 0. The molecule has 1 aromatic rings. The fraction of sp³-hybridized carbons (Fsp3) is 0.636. The second-order valence-electron chi connectivity index (χ2n) is 4.44. The van der Waals surface area contributed by atoms with Gasteiger partial charge >= 0.3 is 0 Å². The maximum atomic E-state index is 5.31. The highest BCUT2D eigenvalue weighted by Gasteiger charge is 2.17. The van der Waals surface area contributed by atoms with E-state index in [0.29, 0.717) is 17.9 Å². The molecule has 90 valence electrons. The maximum Gasteiger partial charge on any atom is 0.239 e. The van der Waals surface area contributed by atoms with E-state index < -0.39 is 0 Å². The predicted molar refractivity (Wildman–Crippen MR) is 67.3 cm³/mol. The lowest BCUT2D eigenvalue weighted by Crippen LogP contribution is -2.34. The molecule has 0 saturated carbocycles. The summed E-state index contributed by atoms with van der Waals surface area (Å²) >= 11 is 0. The van der Waals surface area contributed by atoms with Crippen molar-refractivity contribution < 1.29 is 0 Å². The molecular weight excluding hydrogens is 202 g/mol. The smallest absolute Gasteiger partial charge is 0.239 e. The summed E-state index contributed by atoms with van der Waals surface area (Å²) in [6.07, 6.45) is 1.78. The summed E-state index contributed by atoms with van der Waals surface area (Å²) < 4.78 is 0. The summed E-state index contributed by atoms with van der Waals surface area (Å²) in [6.45, 7) is 8.57. The van der Waals surface area contributed by atoms with Crippen molar-refractivity contribution in [2.45, 2.75) is 33.7 Å². The Balaban J connectivity index is 3.02. The topological polar surface area (TPSA) is 67.1 Å². The Morgan fingerprint density at radius 3 is 2.50 bits per heavy atom. The van der Waals surface area contributed by atoms with Gasteiger partial charge in [-0.15, -0.1) is 0 Å². The molecule has 1 unspecified atom stereocenters. The Morgan fingerprint density at radius 2 is 2.00 bits per heavy atom. The zero-order valence-corrected chi connectivity index (χ0v) is 10.7. The minimum atomic E-state index is 0.416. The van der Waals surface area contributed by atoms with Gasteiger partial charge in [0.1, 0.15) is 5.82 Å². The molecule has 0 amide bonds. The van der Waals surface area contributed by atoms with Gasteiger partial charge in [0.15, 0.2) is 0 Å². The fourth-order valence-electron chi connectivity index (χ4n) is 1.50. The van der Waals surface area contributed by atoms with Crippen molar-refractivity contribution in [3.05, 3.63) is 11.8 Å². The van der Waals surface area contributed by atoms with E-state index in [1.54, 1.807) is 6.20 Å². The van der Waals surface area contributed by atoms with Gasteiger partial charge in [-0.05, 0) is 19.8 Å². The number of hydrogen-bond acceptors (Lipinski definition) is 5. The van der Waals surface area contributed by atoms with Gasteiger partial charge in [0.2, 0.25) is 5.95 Å². The van der Waals surface area contributed by atoms with Crippen molar-refractivity contribution in [2.24, 2.45) is 11.8 Å². The number of hydrogen-bond donors (Lipinski definition) is 2. The predicted octanol–water partition coefficient (Wildman–Crippen LogP) is 1.55. The molecule has 0 spiro atoms. The third kappa shape index (κ3) is 2.61. The van der Waals surface area contributed by atoms with Gasteiger partial charge in [0.05, 0.1) is 0 Å². The van der Waals surface area contributed by atoms with Crippen LogP contribution >= 0.6 is 0 Å². The minimum Gasteiger partial charge on any atom is -0.356 e. The highest BCUT2D eigenvalue weighted by Crippen LogP contribution is 2.21. The Labute approximate surface area is 97.0 Å². The molecule has 0 fully saturated rings. The van der Waals surface area contributed by atoms with Gasteiger partial charge in [0, 0.05) is 24.8 Å². The third-order valence-electron chi connectivity index (χ3n) is 2.98. The van der Waals surface area contributed by atoms with Gasteiger partial charge in [0.25, 0.3) is 0 Å². The van der Waals surface area contributed by atoms with E-state index in [9.17, 15) is 0 Å². The SMILES string of the molecule is Cc1cnc(NN)nc1N(C)C(C)C(C)C. The first-order valence-electron chi connectivity index (χ1n) is 5.50. The molecule has 1 heterocycles. The molecule has 0 aliphatic rings. The number of aryl methyl sites for hydroxylation is 1. The summed E-state index contributed by atoms with van der Waals surface area (Å²) in [5.74, 6) is 7.24. The summed E-state index contributed by atoms with van der Waals surface area (Å²) in [6, 6.07) is 0.416. The number of hydrazine groups is 1. The van der Waals surface area contributed by atoms with Gasteiger partial charge < -0.3 is 4.90 Å². The van der Waals surface area contributed by atoms with Crippen LogP contribution in [0.2, 0.25) is 0 Å². The largest absolute Gasteiger partial charge is 0.356 e. The Hall–Kier alpha value is -1.36. The molecule has 1 rings (SSSR count). The van der Waals surface area contributed by atoms with Crippen molar-refractivity contribution in [3.63, 3.8) is 0 Å². The summed E-state index contributed by atoms with van der Waals surface area (Å²) in [4.78, 5) is 10.6. The molecule has 16 heavy (non-hydrogen) atoms. The summed E-state index contributed by atoms with van der Waals surface area (Å²) in [7, 11) is 2.04. The van der Waals surface area contributed by atoms with Gasteiger partial charge in [-0.25, -0.2) is 10.8 Å². The second-order valence-corrected chi connectivity index (χ2v) is 4.44. The standard InChI is InChI=1S/C11H21N5/c1-7(2)9(4)16(5)10-8(3)6-13-11(14-10)15-12/h6-7,9H,12H2,1-5H3,(H,13,14,15). The van der Waals surface area contributed by atoms with Crippen LogP contribution in [0.4, 0.5) is 11.8 Å². The number of nitrogens with one attached hydrogen (secondary N) is 1. The van der Waals surface area contributed by atoms with E-state index in [1.807, 2.05) is 14.0 Å².